The van der Waals surface area contributed by atoms with Gasteiger partial charge in [-0.2, -0.15) is 0 Å². The number of ether oxygens (including phenoxy) is 2. The van der Waals surface area contributed by atoms with E-state index in [1.54, 1.807) is 28.7 Å². The zero-order valence-corrected chi connectivity index (χ0v) is 41.1. The van der Waals surface area contributed by atoms with Crippen molar-refractivity contribution < 1.29 is 33.5 Å². The molecule has 1 unspecified atom stereocenters. The van der Waals surface area contributed by atoms with E-state index in [4.69, 9.17) is 30.6 Å². The number of fused-ring (bicyclic) bond motifs is 3. The van der Waals surface area contributed by atoms with Crippen molar-refractivity contribution in [3.8, 4) is 21.3 Å². The van der Waals surface area contributed by atoms with Gasteiger partial charge in [0.1, 0.15) is 35.4 Å². The minimum Gasteiger partial charge on any atom is -0.473 e. The van der Waals surface area contributed by atoms with Gasteiger partial charge in [0.2, 0.25) is 17.7 Å². The summed E-state index contributed by atoms with van der Waals surface area (Å²) in [7, 11) is 0. The number of benzene rings is 2. The van der Waals surface area contributed by atoms with Crippen LogP contribution in [0.1, 0.15) is 102 Å². The van der Waals surface area contributed by atoms with E-state index in [1.807, 2.05) is 86.3 Å². The van der Waals surface area contributed by atoms with Crippen molar-refractivity contribution in [2.75, 3.05) is 19.8 Å². The summed E-state index contributed by atoms with van der Waals surface area (Å²) in [5.41, 5.74) is 8.61. The van der Waals surface area contributed by atoms with Crippen molar-refractivity contribution in [3.63, 3.8) is 0 Å². The molecule has 1 saturated heterocycles. The van der Waals surface area contributed by atoms with E-state index in [0.29, 0.717) is 29.4 Å². The van der Waals surface area contributed by atoms with Crippen molar-refractivity contribution in [2.45, 2.75) is 110 Å². The number of amides is 3. The third kappa shape index (κ3) is 9.87. The lowest BCUT2D eigenvalue weighted by atomic mass is 9.89. The zero-order valence-electron chi connectivity index (χ0n) is 38.7. The molecule has 1 aliphatic carbocycles. The minimum absolute atomic E-state index is 0.0321. The summed E-state index contributed by atoms with van der Waals surface area (Å²) < 4.78 is 19.6. The summed E-state index contributed by atoms with van der Waals surface area (Å²) in [6.07, 6.45) is 0.639. The Kier molecular flexibility index (Phi) is 13.9. The number of thiazole rings is 1. The highest BCUT2D eigenvalue weighted by Crippen LogP contribution is 2.40. The Balaban J connectivity index is 0.744. The second kappa shape index (κ2) is 20.0. The fourth-order valence-electron chi connectivity index (χ4n) is 9.14. The highest BCUT2D eigenvalue weighted by atomic mass is 35.5. The number of aliphatic hydroxyl groups excluding tert-OH is 1. The molecule has 3 aliphatic rings. The Hall–Kier alpha value is -5.79. The third-order valence-corrected chi connectivity index (χ3v) is 15.3. The maximum Gasteiger partial charge on any atom is 0.254 e. The number of rotatable bonds is 16. The first-order chi connectivity index (χ1) is 32.7. The standard InChI is InChI=1S/C49H54ClN9O7S2/c1-25(2)42(48(63)58-23-35(60)19-38(58)47(62)51-22-30-7-9-32(10-8-30)45-27(4)52-24-67-45)39-21-41(57-66-39)65-16-15-64-36-17-34(18-36)53-40(61)20-37-46-56-55-29(6)59(46)49-43(26(3)28(5)68-49)44(54-37)31-11-13-33(50)14-12-31/h7-14,21,24-25,34-38,42,60H,15-20,22-23H2,1-6H3,(H,51,62)(H,53,61)/t34-,35-,36+,37+,38+,42?/m1/s1. The zero-order chi connectivity index (χ0) is 47.8. The number of hydrogen-bond donors (Lipinski definition) is 3. The highest BCUT2D eigenvalue weighted by Gasteiger charge is 2.43. The van der Waals surface area contributed by atoms with Crippen molar-refractivity contribution in [1.29, 1.82) is 0 Å². The van der Waals surface area contributed by atoms with Crippen molar-refractivity contribution in [1.82, 2.24) is 40.4 Å². The molecule has 0 bridgehead atoms. The lowest BCUT2D eigenvalue weighted by molar-refractivity contribution is -0.141. The maximum absolute atomic E-state index is 14.1. The SMILES string of the molecule is Cc1ncsc1-c1ccc(CNC(=O)[C@@H]2C[C@@H](O)CN2C(=O)C(c2cc(OCCO[C@H]3C[C@@H](NC(=O)C[C@@H]4N=C(c5ccc(Cl)cc5)c5c(sc(C)c5C)-n5c(C)nnc54)C3)no2)C(C)C)cc1. The first-order valence-corrected chi connectivity index (χ1v) is 24.9. The van der Waals surface area contributed by atoms with Crippen LogP contribution < -0.4 is 15.4 Å². The Morgan fingerprint density at radius 2 is 1.74 bits per heavy atom. The van der Waals surface area contributed by atoms with Crippen LogP contribution in [-0.4, -0.2) is 102 Å². The number of likely N-dealkylation sites (tertiary alicyclic amines) is 1. The third-order valence-electron chi connectivity index (χ3n) is 12.9. The van der Waals surface area contributed by atoms with Crippen LogP contribution in [0.4, 0.5) is 0 Å². The number of aromatic nitrogens is 5. The number of carbonyl (C=O) groups excluding carboxylic acids is 3. The van der Waals surface area contributed by atoms with Gasteiger partial charge in [-0.15, -0.1) is 32.9 Å². The van der Waals surface area contributed by atoms with Gasteiger partial charge in [-0.3, -0.25) is 23.9 Å². The first-order valence-electron chi connectivity index (χ1n) is 22.8. The number of nitrogens with zero attached hydrogens (tertiary/aromatic N) is 7. The van der Waals surface area contributed by atoms with Gasteiger partial charge in [0.25, 0.3) is 5.88 Å². The number of nitrogens with one attached hydrogen (secondary N) is 2. The lowest BCUT2D eigenvalue weighted by Crippen LogP contribution is -2.48. The van der Waals surface area contributed by atoms with Crippen LogP contribution in [0.2, 0.25) is 5.02 Å². The largest absolute Gasteiger partial charge is 0.473 e. The molecule has 3 amide bonds. The second-order valence-corrected chi connectivity index (χ2v) is 20.5. The molecular formula is C49H54ClN9O7S2. The quantitative estimate of drug-likeness (QED) is 0.0819. The fourth-order valence-corrected chi connectivity index (χ4v) is 11.3. The number of thiophene rings is 1. The fraction of sp³-hybridized carbons (Fsp3) is 0.429. The average Bonchev–Trinajstić information content (AvgIpc) is 4.14. The predicted molar refractivity (Wildman–Crippen MR) is 259 cm³/mol. The lowest BCUT2D eigenvalue weighted by Gasteiger charge is -2.35. The number of aliphatic hydroxyl groups is 1. The summed E-state index contributed by atoms with van der Waals surface area (Å²) in [6.45, 7) is 12.6. The molecule has 6 heterocycles. The van der Waals surface area contributed by atoms with Crippen LogP contribution in [0.25, 0.3) is 15.4 Å². The van der Waals surface area contributed by atoms with Crippen LogP contribution in [-0.2, 0) is 25.7 Å². The first kappa shape index (κ1) is 47.3. The molecule has 1 saturated carbocycles. The molecule has 356 valence electrons. The predicted octanol–water partition coefficient (Wildman–Crippen LogP) is 7.37. The molecule has 9 rings (SSSR count). The highest BCUT2D eigenvalue weighted by molar-refractivity contribution is 7.15. The Labute approximate surface area is 407 Å². The smallest absolute Gasteiger partial charge is 0.254 e. The molecule has 19 heteroatoms. The molecule has 4 aromatic heterocycles. The Bertz CT molecular complexity index is 2830. The van der Waals surface area contributed by atoms with Gasteiger partial charge < -0.3 is 34.6 Å². The average molecular weight is 981 g/mol. The number of carbonyl (C=O) groups is 3. The summed E-state index contributed by atoms with van der Waals surface area (Å²) in [5.74, 6) is 0.110. The molecule has 0 spiro atoms. The molecule has 4 atom stereocenters. The monoisotopic (exact) mass is 979 g/mol. The van der Waals surface area contributed by atoms with E-state index < -0.39 is 24.1 Å². The molecule has 2 aromatic carbocycles. The van der Waals surface area contributed by atoms with Crippen LogP contribution in [0.5, 0.6) is 5.88 Å². The van der Waals surface area contributed by atoms with E-state index in [-0.39, 0.29) is 80.8 Å². The molecule has 2 aliphatic heterocycles. The Morgan fingerprint density at radius 1 is 0.985 bits per heavy atom. The summed E-state index contributed by atoms with van der Waals surface area (Å²) >= 11 is 9.51. The van der Waals surface area contributed by atoms with Crippen LogP contribution >= 0.6 is 34.3 Å². The summed E-state index contributed by atoms with van der Waals surface area (Å²) in [5, 5.41) is 31.4. The topological polar surface area (TPSA) is 199 Å². The van der Waals surface area contributed by atoms with E-state index in [2.05, 4.69) is 44.8 Å². The Morgan fingerprint density at radius 3 is 2.46 bits per heavy atom. The molecule has 2 fully saturated rings. The van der Waals surface area contributed by atoms with Crippen LogP contribution in [0, 0.1) is 33.6 Å². The van der Waals surface area contributed by atoms with Gasteiger partial charge in [0.05, 0.1) is 47.0 Å². The van der Waals surface area contributed by atoms with E-state index >= 15 is 0 Å². The number of aryl methyl sites for hydroxylation is 3. The van der Waals surface area contributed by atoms with Crippen molar-refractivity contribution >= 4 is 57.7 Å². The van der Waals surface area contributed by atoms with Crippen molar-refractivity contribution in [2.24, 2.45) is 10.9 Å². The van der Waals surface area contributed by atoms with Crippen LogP contribution in [0.3, 0.4) is 0 Å². The van der Waals surface area contributed by atoms with E-state index in [1.165, 1.54) is 9.78 Å². The number of aliphatic imine (C=N–C) groups is 1. The maximum atomic E-state index is 14.1. The normalized spacial score (nSPS) is 20.3. The van der Waals surface area contributed by atoms with Crippen LogP contribution in [0.15, 0.2) is 69.6 Å². The van der Waals surface area contributed by atoms with E-state index in [0.717, 1.165) is 54.9 Å². The molecule has 6 aromatic rings. The number of hydrogen-bond acceptors (Lipinski definition) is 14. The number of β-amino-alcohol motifs (C(OH)–C–C–N with tert-alkyl or cyclic N) is 1. The van der Waals surface area contributed by atoms with Gasteiger partial charge in [-0.1, -0.05) is 61.8 Å². The van der Waals surface area contributed by atoms with E-state index in [9.17, 15) is 19.5 Å². The van der Waals surface area contributed by atoms with Crippen molar-refractivity contribution in [3.05, 3.63) is 115 Å². The molecule has 16 nitrogen and oxygen atoms in total. The molecule has 3 N–H and O–H groups in total. The number of halogens is 1. The van der Waals surface area contributed by atoms with Gasteiger partial charge >= 0.3 is 0 Å². The van der Waals surface area contributed by atoms with Gasteiger partial charge in [0.15, 0.2) is 11.6 Å². The second-order valence-electron chi connectivity index (χ2n) is 18.1. The molecular weight excluding hydrogens is 926 g/mol. The summed E-state index contributed by atoms with van der Waals surface area (Å²) in [4.78, 5) is 54.5. The van der Waals surface area contributed by atoms with Gasteiger partial charge in [-0.05, 0) is 80.4 Å². The molecule has 68 heavy (non-hydrogen) atoms. The van der Waals surface area contributed by atoms with Gasteiger partial charge in [0, 0.05) is 52.6 Å². The molecule has 0 radical (unpaired) electrons. The summed E-state index contributed by atoms with van der Waals surface area (Å²) in [6, 6.07) is 15.7. The minimum atomic E-state index is -0.839. The van der Waals surface area contributed by atoms with Gasteiger partial charge in [-0.25, -0.2) is 4.98 Å².